The summed E-state index contributed by atoms with van der Waals surface area (Å²) in [4.78, 5) is 32.5. The molecule has 0 spiro atoms. The summed E-state index contributed by atoms with van der Waals surface area (Å²) in [6.07, 6.45) is 0. The van der Waals surface area contributed by atoms with Crippen molar-refractivity contribution in [3.8, 4) is 5.75 Å². The van der Waals surface area contributed by atoms with Gasteiger partial charge in [-0.2, -0.15) is 0 Å². The molecule has 158 valence electrons. The molecule has 1 saturated heterocycles. The molecule has 10 heteroatoms. The Hall–Kier alpha value is -3.43. The number of benzene rings is 1. The van der Waals surface area contributed by atoms with E-state index in [0.29, 0.717) is 24.9 Å². The second-order valence-electron chi connectivity index (χ2n) is 7.51. The second kappa shape index (κ2) is 7.43. The van der Waals surface area contributed by atoms with Gasteiger partial charge in [-0.05, 0) is 38.1 Å². The molecule has 2 unspecified atom stereocenters. The number of aliphatic imine (C=N–C) groups is 1. The van der Waals surface area contributed by atoms with Gasteiger partial charge in [0.25, 0.3) is 5.91 Å². The maximum absolute atomic E-state index is 12.9. The molecule has 0 saturated carbocycles. The third kappa shape index (κ3) is 3.08. The average molecular weight is 412 g/mol. The highest BCUT2D eigenvalue weighted by molar-refractivity contribution is 6.23. The molecule has 3 aliphatic rings. The highest BCUT2D eigenvalue weighted by Gasteiger charge is 2.55. The number of amidine groups is 1. The Balaban J connectivity index is 1.55. The van der Waals surface area contributed by atoms with Gasteiger partial charge in [0.05, 0.1) is 12.8 Å². The molecule has 0 radical (unpaired) electrons. The fourth-order valence-corrected chi connectivity index (χ4v) is 3.82. The third-order valence-corrected chi connectivity index (χ3v) is 5.72. The topological polar surface area (TPSA) is 92.8 Å². The van der Waals surface area contributed by atoms with Crippen molar-refractivity contribution in [2.24, 2.45) is 10.1 Å². The first-order chi connectivity index (χ1) is 14.3. The first-order valence-electron chi connectivity index (χ1n) is 9.83. The Bertz CT molecular complexity index is 983. The van der Waals surface area contributed by atoms with Crippen molar-refractivity contribution >= 4 is 35.1 Å². The fraction of sp³-hybridized carbons (Fsp3) is 0.450. The van der Waals surface area contributed by atoms with Crippen LogP contribution in [0.1, 0.15) is 13.8 Å². The number of rotatable bonds is 5. The lowest BCUT2D eigenvalue weighted by Crippen LogP contribution is -2.63. The van der Waals surface area contributed by atoms with Gasteiger partial charge in [-0.1, -0.05) is 4.99 Å². The van der Waals surface area contributed by atoms with Gasteiger partial charge in [-0.3, -0.25) is 14.6 Å². The number of anilines is 1. The number of nitrogens with zero attached hydrogens (tertiary/aromatic N) is 6. The number of likely N-dealkylation sites (N-methyl/N-ethyl adjacent to an activating group) is 2. The zero-order chi connectivity index (χ0) is 21.6. The van der Waals surface area contributed by atoms with Gasteiger partial charge in [-0.15, -0.1) is 10.1 Å². The number of ether oxygens (including phenoxy) is 1. The number of hydrogen-bond donors (Lipinski definition) is 1. The van der Waals surface area contributed by atoms with Crippen LogP contribution in [0.4, 0.5) is 10.5 Å². The normalized spacial score (nSPS) is 23.3. The molecular formula is C20H26N7O3+. The quantitative estimate of drug-likeness (QED) is 0.724. The molecule has 0 aromatic heterocycles. The summed E-state index contributed by atoms with van der Waals surface area (Å²) in [6, 6.07) is 6.59. The van der Waals surface area contributed by atoms with E-state index in [1.54, 1.807) is 19.2 Å². The van der Waals surface area contributed by atoms with Crippen molar-refractivity contribution in [1.29, 1.82) is 0 Å². The molecule has 1 aromatic carbocycles. The van der Waals surface area contributed by atoms with Crippen LogP contribution < -0.4 is 10.1 Å². The van der Waals surface area contributed by atoms with Crippen LogP contribution in [0, 0.1) is 0 Å². The summed E-state index contributed by atoms with van der Waals surface area (Å²) in [5.41, 5.74) is 1.85. The summed E-state index contributed by atoms with van der Waals surface area (Å²) >= 11 is 0. The number of carbonyl (C=O) groups is 2. The van der Waals surface area contributed by atoms with Crippen molar-refractivity contribution in [2.75, 3.05) is 39.6 Å². The highest BCUT2D eigenvalue weighted by Crippen LogP contribution is 2.24. The maximum atomic E-state index is 12.9. The fourth-order valence-electron chi connectivity index (χ4n) is 3.82. The van der Waals surface area contributed by atoms with Gasteiger partial charge < -0.3 is 10.1 Å². The second-order valence-corrected chi connectivity index (χ2v) is 7.51. The molecule has 10 nitrogen and oxygen atoms in total. The first-order valence-corrected chi connectivity index (χ1v) is 9.83. The number of amides is 3. The lowest BCUT2D eigenvalue weighted by molar-refractivity contribution is -0.559. The minimum absolute atomic E-state index is 0.101. The van der Waals surface area contributed by atoms with Crippen LogP contribution in [0.15, 0.2) is 34.4 Å². The highest BCUT2D eigenvalue weighted by atomic mass is 16.5. The van der Waals surface area contributed by atoms with E-state index in [1.165, 1.54) is 11.9 Å². The number of urea groups is 1. The monoisotopic (exact) mass is 412 g/mol. The molecule has 3 heterocycles. The summed E-state index contributed by atoms with van der Waals surface area (Å²) in [5, 5.41) is 9.84. The largest absolute Gasteiger partial charge is 0.497 e. The molecule has 30 heavy (non-hydrogen) atoms. The van der Waals surface area contributed by atoms with Crippen LogP contribution in [-0.4, -0.2) is 95.2 Å². The first kappa shape index (κ1) is 19.9. The van der Waals surface area contributed by atoms with Crippen molar-refractivity contribution in [3.05, 3.63) is 24.3 Å². The number of carbonyl (C=O) groups excluding carboxylic acids is 2. The number of guanidine groups is 1. The summed E-state index contributed by atoms with van der Waals surface area (Å²) in [7, 11) is 4.78. The SMILES string of the molecule is COc1ccc(NCCN2N=C(C)C(C)[N+]3=C2N=C2C3C(=O)N(C)C(=O)N2C)cc1. The van der Waals surface area contributed by atoms with E-state index < -0.39 is 6.04 Å². The number of imide groups is 1. The molecular weight excluding hydrogens is 386 g/mol. The summed E-state index contributed by atoms with van der Waals surface area (Å²) in [6.45, 7) is 5.10. The number of methoxy groups -OCH3 is 1. The minimum Gasteiger partial charge on any atom is -0.497 e. The zero-order valence-corrected chi connectivity index (χ0v) is 17.8. The van der Waals surface area contributed by atoms with Gasteiger partial charge >= 0.3 is 12.0 Å². The van der Waals surface area contributed by atoms with Crippen molar-refractivity contribution in [1.82, 2.24) is 14.8 Å². The molecule has 2 atom stereocenters. The van der Waals surface area contributed by atoms with Crippen LogP contribution in [0.2, 0.25) is 0 Å². The summed E-state index contributed by atoms with van der Waals surface area (Å²) < 4.78 is 7.13. The van der Waals surface area contributed by atoms with E-state index in [4.69, 9.17) is 4.74 Å². The van der Waals surface area contributed by atoms with Crippen LogP contribution in [-0.2, 0) is 4.79 Å². The maximum Gasteiger partial charge on any atom is 0.417 e. The molecule has 3 aliphatic heterocycles. The van der Waals surface area contributed by atoms with Gasteiger partial charge in [0.1, 0.15) is 18.3 Å². The average Bonchev–Trinajstić information content (AvgIpc) is 3.16. The zero-order valence-electron chi connectivity index (χ0n) is 17.8. The Morgan fingerprint density at radius 3 is 2.53 bits per heavy atom. The molecule has 0 aliphatic carbocycles. The Morgan fingerprint density at radius 2 is 1.87 bits per heavy atom. The van der Waals surface area contributed by atoms with E-state index >= 15 is 0 Å². The van der Waals surface area contributed by atoms with Crippen LogP contribution in [0.3, 0.4) is 0 Å². The molecule has 3 amide bonds. The Morgan fingerprint density at radius 1 is 1.17 bits per heavy atom. The molecule has 0 bridgehead atoms. The number of nitrogens with one attached hydrogen (secondary N) is 1. The van der Waals surface area contributed by atoms with Gasteiger partial charge in [0, 0.05) is 26.3 Å². The van der Waals surface area contributed by atoms with E-state index in [0.717, 1.165) is 22.0 Å². The van der Waals surface area contributed by atoms with Gasteiger partial charge in [-0.25, -0.2) is 9.37 Å². The Kier molecular flexibility index (Phi) is 4.92. The molecule has 1 fully saturated rings. The predicted molar refractivity (Wildman–Crippen MR) is 113 cm³/mol. The Labute approximate surface area is 175 Å². The predicted octanol–water partition coefficient (Wildman–Crippen LogP) is 0.860. The van der Waals surface area contributed by atoms with Crippen LogP contribution in [0.25, 0.3) is 0 Å². The third-order valence-electron chi connectivity index (χ3n) is 5.72. The van der Waals surface area contributed by atoms with Crippen LogP contribution in [0.5, 0.6) is 5.75 Å². The van der Waals surface area contributed by atoms with Crippen molar-refractivity contribution in [2.45, 2.75) is 25.9 Å². The smallest absolute Gasteiger partial charge is 0.417 e. The van der Waals surface area contributed by atoms with E-state index in [1.807, 2.05) is 42.7 Å². The molecule has 1 N–H and O–H groups in total. The van der Waals surface area contributed by atoms with Crippen LogP contribution >= 0.6 is 0 Å². The van der Waals surface area contributed by atoms with E-state index in [9.17, 15) is 9.59 Å². The van der Waals surface area contributed by atoms with E-state index in [-0.39, 0.29) is 18.0 Å². The number of hydrazone groups is 1. The minimum atomic E-state index is -0.620. The van der Waals surface area contributed by atoms with E-state index in [2.05, 4.69) is 15.4 Å². The van der Waals surface area contributed by atoms with Crippen molar-refractivity contribution < 1.29 is 18.9 Å². The number of fused-ring (bicyclic) bond motifs is 2. The standard InChI is InChI=1S/C20H26N7O3/c1-12-13(2)27-16-17(24(3)20(29)25(4)18(16)28)22-19(27)26(23-12)11-10-21-14-6-8-15(30-5)9-7-14/h6-9,13,16,21H,10-11H2,1-5H3/q+1. The van der Waals surface area contributed by atoms with Gasteiger partial charge in [0.2, 0.25) is 11.9 Å². The lowest BCUT2D eigenvalue weighted by atomic mass is 10.1. The molecule has 1 aromatic rings. The van der Waals surface area contributed by atoms with Gasteiger partial charge in [0.15, 0.2) is 0 Å². The summed E-state index contributed by atoms with van der Waals surface area (Å²) in [5.74, 6) is 1.57. The van der Waals surface area contributed by atoms with Crippen molar-refractivity contribution in [3.63, 3.8) is 0 Å². The number of hydrogen-bond acceptors (Lipinski definition) is 7. The lowest BCUT2D eigenvalue weighted by Gasteiger charge is -2.33. The molecule has 4 rings (SSSR count).